The summed E-state index contributed by atoms with van der Waals surface area (Å²) >= 11 is 0. The summed E-state index contributed by atoms with van der Waals surface area (Å²) in [5, 5.41) is 14.1. The Kier molecular flexibility index (Phi) is 5.91. The quantitative estimate of drug-likeness (QED) is 0.661. The average Bonchev–Trinajstić information content (AvgIpc) is 2.41. The molecule has 0 aliphatic carbocycles. The molecule has 0 amide bonds. The Morgan fingerprint density at radius 2 is 2.00 bits per heavy atom. The molecule has 1 saturated heterocycles. The number of nitrogens with zero attached hydrogens (tertiary/aromatic N) is 2. The van der Waals surface area contributed by atoms with Gasteiger partial charge in [0.1, 0.15) is 0 Å². The van der Waals surface area contributed by atoms with Crippen LogP contribution in [0.1, 0.15) is 18.1 Å². The monoisotopic (exact) mass is 349 g/mol. The number of hydrogen-bond acceptors (Lipinski definition) is 5. The molecule has 0 radical (unpaired) electrons. The number of nitrogens with one attached hydrogen (secondary N) is 1. The fourth-order valence-corrected chi connectivity index (χ4v) is 4.28. The maximum atomic E-state index is 12.8. The lowest BCUT2D eigenvalue weighted by molar-refractivity contribution is -0.385. The fraction of sp³-hybridized carbons (Fsp3) is 0.538. The van der Waals surface area contributed by atoms with Crippen LogP contribution in [-0.4, -0.2) is 43.3 Å². The number of benzene rings is 1. The van der Waals surface area contributed by atoms with Gasteiger partial charge in [0, 0.05) is 37.8 Å². The molecule has 1 N–H and O–H groups in total. The normalized spacial score (nSPS) is 19.5. The summed E-state index contributed by atoms with van der Waals surface area (Å²) in [5.41, 5.74) is 0.970. The summed E-state index contributed by atoms with van der Waals surface area (Å²) in [6.45, 7) is 6.58. The van der Waals surface area contributed by atoms with E-state index in [9.17, 15) is 18.5 Å². The number of sulfonamides is 1. The van der Waals surface area contributed by atoms with Crippen molar-refractivity contribution in [2.45, 2.75) is 31.7 Å². The molecule has 1 aromatic rings. The molecule has 0 unspecified atom stereocenters. The van der Waals surface area contributed by atoms with Gasteiger partial charge in [0.15, 0.2) is 0 Å². The topological polar surface area (TPSA) is 92.5 Å². The molecule has 0 spiro atoms. The van der Waals surface area contributed by atoms with E-state index in [2.05, 4.69) is 5.32 Å². The molecule has 1 heterocycles. The lowest BCUT2D eigenvalue weighted by Crippen LogP contribution is -2.51. The first-order valence-corrected chi connectivity index (χ1v) is 8.16. The molecule has 22 heavy (non-hydrogen) atoms. The van der Waals surface area contributed by atoms with Gasteiger partial charge in [0.25, 0.3) is 5.69 Å². The Labute approximate surface area is 136 Å². The molecule has 0 saturated carbocycles. The van der Waals surface area contributed by atoms with E-state index in [1.165, 1.54) is 10.4 Å². The SMILES string of the molecule is Cc1cc([N+](=O)[O-])cc(S(=O)(=O)N2CCN[C@H](C)C2)c1C.Cl. The van der Waals surface area contributed by atoms with Crippen LogP contribution in [0.4, 0.5) is 5.69 Å². The third-order valence-corrected chi connectivity index (χ3v) is 5.76. The summed E-state index contributed by atoms with van der Waals surface area (Å²) in [7, 11) is -3.72. The van der Waals surface area contributed by atoms with Crippen LogP contribution in [0.15, 0.2) is 17.0 Å². The highest BCUT2D eigenvalue weighted by atomic mass is 35.5. The van der Waals surface area contributed by atoms with Gasteiger partial charge in [-0.3, -0.25) is 10.1 Å². The minimum absolute atomic E-state index is 0. The molecule has 1 atom stereocenters. The van der Waals surface area contributed by atoms with Crippen LogP contribution in [0.3, 0.4) is 0 Å². The first-order chi connectivity index (χ1) is 9.73. The fourth-order valence-electron chi connectivity index (χ4n) is 2.44. The first kappa shape index (κ1) is 18.8. The van der Waals surface area contributed by atoms with E-state index < -0.39 is 14.9 Å². The van der Waals surface area contributed by atoms with Crippen molar-refractivity contribution in [3.05, 3.63) is 33.4 Å². The Hall–Kier alpha value is -1.22. The van der Waals surface area contributed by atoms with Crippen molar-refractivity contribution in [3.8, 4) is 0 Å². The number of nitro groups is 1. The maximum Gasteiger partial charge on any atom is 0.271 e. The highest BCUT2D eigenvalue weighted by molar-refractivity contribution is 7.89. The Balaban J connectivity index is 0.00000242. The number of halogens is 1. The van der Waals surface area contributed by atoms with Crippen molar-refractivity contribution in [1.29, 1.82) is 0 Å². The minimum Gasteiger partial charge on any atom is -0.312 e. The van der Waals surface area contributed by atoms with E-state index in [-0.39, 0.29) is 29.0 Å². The standard InChI is InChI=1S/C13H19N3O4S.ClH/c1-9-6-12(16(17)18)7-13(11(9)3)21(19,20)15-5-4-14-10(2)8-15;/h6-7,10,14H,4-5,8H2,1-3H3;1H/t10-;/m1./s1. The van der Waals surface area contributed by atoms with Crippen molar-refractivity contribution in [3.63, 3.8) is 0 Å². The van der Waals surface area contributed by atoms with E-state index in [1.807, 2.05) is 6.92 Å². The van der Waals surface area contributed by atoms with Crippen LogP contribution < -0.4 is 5.32 Å². The molecular formula is C13H20ClN3O4S. The number of rotatable bonds is 3. The van der Waals surface area contributed by atoms with Crippen molar-refractivity contribution in [2.75, 3.05) is 19.6 Å². The van der Waals surface area contributed by atoms with Gasteiger partial charge in [-0.1, -0.05) is 0 Å². The summed E-state index contributed by atoms with van der Waals surface area (Å²) in [6.07, 6.45) is 0. The zero-order chi connectivity index (χ0) is 15.8. The van der Waals surface area contributed by atoms with Gasteiger partial charge in [0.2, 0.25) is 10.0 Å². The largest absolute Gasteiger partial charge is 0.312 e. The van der Waals surface area contributed by atoms with E-state index in [0.29, 0.717) is 30.8 Å². The van der Waals surface area contributed by atoms with E-state index in [0.717, 1.165) is 6.07 Å². The summed E-state index contributed by atoms with van der Waals surface area (Å²) < 4.78 is 26.9. The second-order valence-electron chi connectivity index (χ2n) is 5.36. The van der Waals surface area contributed by atoms with Crippen molar-refractivity contribution >= 4 is 28.1 Å². The van der Waals surface area contributed by atoms with Gasteiger partial charge < -0.3 is 5.32 Å². The number of piperazine rings is 1. The van der Waals surface area contributed by atoms with Gasteiger partial charge in [-0.15, -0.1) is 12.4 Å². The average molecular weight is 350 g/mol. The lowest BCUT2D eigenvalue weighted by Gasteiger charge is -2.31. The molecule has 1 fully saturated rings. The molecule has 1 aromatic carbocycles. The van der Waals surface area contributed by atoms with Crippen molar-refractivity contribution in [2.24, 2.45) is 0 Å². The van der Waals surface area contributed by atoms with E-state index in [4.69, 9.17) is 0 Å². The van der Waals surface area contributed by atoms with Gasteiger partial charge in [-0.05, 0) is 31.9 Å². The van der Waals surface area contributed by atoms with Crippen LogP contribution >= 0.6 is 12.4 Å². The third kappa shape index (κ3) is 3.57. The van der Waals surface area contributed by atoms with E-state index in [1.54, 1.807) is 13.8 Å². The summed E-state index contributed by atoms with van der Waals surface area (Å²) in [4.78, 5) is 10.4. The molecule has 0 aromatic heterocycles. The van der Waals surface area contributed by atoms with Crippen molar-refractivity contribution < 1.29 is 13.3 Å². The van der Waals surface area contributed by atoms with Crippen LogP contribution in [0.5, 0.6) is 0 Å². The van der Waals surface area contributed by atoms with Gasteiger partial charge in [-0.25, -0.2) is 8.42 Å². The molecule has 2 rings (SSSR count). The minimum atomic E-state index is -3.72. The molecule has 7 nitrogen and oxygen atoms in total. The molecule has 1 aliphatic heterocycles. The summed E-state index contributed by atoms with van der Waals surface area (Å²) in [6, 6.07) is 2.62. The third-order valence-electron chi connectivity index (χ3n) is 3.76. The molecular weight excluding hydrogens is 330 g/mol. The number of non-ortho nitro benzene ring substituents is 1. The smallest absolute Gasteiger partial charge is 0.271 e. The van der Waals surface area contributed by atoms with E-state index >= 15 is 0 Å². The molecule has 1 aliphatic rings. The lowest BCUT2D eigenvalue weighted by atomic mass is 10.1. The summed E-state index contributed by atoms with van der Waals surface area (Å²) in [5.74, 6) is 0. The van der Waals surface area contributed by atoms with Crippen LogP contribution in [0.25, 0.3) is 0 Å². The maximum absolute atomic E-state index is 12.8. The second-order valence-corrected chi connectivity index (χ2v) is 7.27. The Morgan fingerprint density at radius 1 is 1.36 bits per heavy atom. The first-order valence-electron chi connectivity index (χ1n) is 6.72. The predicted molar refractivity (Wildman–Crippen MR) is 86.0 cm³/mol. The Bertz CT molecular complexity index is 678. The zero-order valence-electron chi connectivity index (χ0n) is 12.7. The Morgan fingerprint density at radius 3 is 2.55 bits per heavy atom. The highest BCUT2D eigenvalue weighted by Gasteiger charge is 2.31. The van der Waals surface area contributed by atoms with Gasteiger partial charge in [-0.2, -0.15) is 4.31 Å². The van der Waals surface area contributed by atoms with Crippen LogP contribution in [0, 0.1) is 24.0 Å². The zero-order valence-corrected chi connectivity index (χ0v) is 14.3. The molecule has 124 valence electrons. The van der Waals surface area contributed by atoms with Crippen LogP contribution in [0.2, 0.25) is 0 Å². The predicted octanol–water partition coefficient (Wildman–Crippen LogP) is 1.62. The van der Waals surface area contributed by atoms with Crippen LogP contribution in [-0.2, 0) is 10.0 Å². The van der Waals surface area contributed by atoms with Gasteiger partial charge >= 0.3 is 0 Å². The highest BCUT2D eigenvalue weighted by Crippen LogP contribution is 2.28. The molecule has 0 bridgehead atoms. The second kappa shape index (κ2) is 6.91. The van der Waals surface area contributed by atoms with Gasteiger partial charge in [0.05, 0.1) is 9.82 Å². The number of hydrogen-bond donors (Lipinski definition) is 1. The number of aryl methyl sites for hydroxylation is 1. The van der Waals surface area contributed by atoms with Crippen molar-refractivity contribution in [1.82, 2.24) is 9.62 Å². The molecule has 9 heteroatoms. The number of nitro benzene ring substituents is 1.